The van der Waals surface area contributed by atoms with Gasteiger partial charge in [-0.1, -0.05) is 15.9 Å². The number of carbonyl (C=O) groups excluding carboxylic acids is 1. The van der Waals surface area contributed by atoms with Gasteiger partial charge in [0.25, 0.3) is 0 Å². The summed E-state index contributed by atoms with van der Waals surface area (Å²) in [5, 5.41) is 9.03. The third-order valence-electron chi connectivity index (χ3n) is 2.17. The van der Waals surface area contributed by atoms with Crippen LogP contribution in [-0.4, -0.2) is 19.2 Å². The van der Waals surface area contributed by atoms with Crippen molar-refractivity contribution in [3.05, 3.63) is 33.8 Å². The Labute approximate surface area is 120 Å². The van der Waals surface area contributed by atoms with Gasteiger partial charge in [0.15, 0.2) is 0 Å². The van der Waals surface area contributed by atoms with Crippen molar-refractivity contribution in [3.63, 3.8) is 0 Å². The predicted octanol–water partition coefficient (Wildman–Crippen LogP) is 3.32. The number of methoxy groups -OCH3 is 1. The van der Waals surface area contributed by atoms with Crippen molar-refractivity contribution in [2.24, 2.45) is 0 Å². The molecule has 0 spiro atoms. The van der Waals surface area contributed by atoms with E-state index in [-0.39, 0.29) is 11.7 Å². The van der Waals surface area contributed by atoms with Gasteiger partial charge < -0.3 is 9.47 Å². The summed E-state index contributed by atoms with van der Waals surface area (Å²) in [5.41, 5.74) is 0.569. The highest BCUT2D eigenvalue weighted by atomic mass is 79.9. The number of hydrogen-bond acceptors (Lipinski definition) is 4. The maximum absolute atomic E-state index is 11.7. The van der Waals surface area contributed by atoms with Gasteiger partial charge in [-0.3, -0.25) is 0 Å². The summed E-state index contributed by atoms with van der Waals surface area (Å²) >= 11 is 3.33. The highest BCUT2D eigenvalue weighted by molar-refractivity contribution is 9.10. The van der Waals surface area contributed by atoms with Crippen LogP contribution in [0.25, 0.3) is 6.08 Å². The van der Waals surface area contributed by atoms with E-state index in [0.29, 0.717) is 11.3 Å². The van der Waals surface area contributed by atoms with E-state index in [1.165, 1.54) is 13.2 Å². The second-order valence-corrected chi connectivity index (χ2v) is 4.93. The fourth-order valence-corrected chi connectivity index (χ4v) is 1.77. The first-order valence-corrected chi connectivity index (χ1v) is 6.43. The van der Waals surface area contributed by atoms with Crippen molar-refractivity contribution in [1.82, 2.24) is 0 Å². The lowest BCUT2D eigenvalue weighted by Crippen LogP contribution is -2.12. The van der Waals surface area contributed by atoms with Crippen molar-refractivity contribution in [1.29, 1.82) is 5.26 Å². The monoisotopic (exact) mass is 323 g/mol. The first kappa shape index (κ1) is 15.3. The van der Waals surface area contributed by atoms with E-state index in [9.17, 15) is 4.79 Å². The van der Waals surface area contributed by atoms with Crippen molar-refractivity contribution >= 4 is 28.0 Å². The lowest BCUT2D eigenvalue weighted by molar-refractivity contribution is -0.142. The summed E-state index contributed by atoms with van der Waals surface area (Å²) in [6, 6.07) is 7.17. The third-order valence-corrected chi connectivity index (χ3v) is 2.67. The van der Waals surface area contributed by atoms with Crippen LogP contribution >= 0.6 is 15.9 Å². The van der Waals surface area contributed by atoms with Gasteiger partial charge in [0, 0.05) is 10.0 Å². The summed E-state index contributed by atoms with van der Waals surface area (Å²) in [6.07, 6.45) is 1.18. The summed E-state index contributed by atoms with van der Waals surface area (Å²) < 4.78 is 11.0. The first-order valence-electron chi connectivity index (χ1n) is 5.64. The van der Waals surface area contributed by atoms with E-state index in [0.717, 1.165) is 4.47 Å². The highest BCUT2D eigenvalue weighted by Crippen LogP contribution is 2.25. The molecule has 0 unspecified atom stereocenters. The third kappa shape index (κ3) is 4.42. The smallest absolute Gasteiger partial charge is 0.349 e. The van der Waals surface area contributed by atoms with Crippen LogP contribution in [0.1, 0.15) is 19.4 Å². The SMILES string of the molecule is COc1ccc(Br)cc1/C=C(\C#N)C(=O)OC(C)C. The van der Waals surface area contributed by atoms with Crippen LogP contribution in [0.5, 0.6) is 5.75 Å². The van der Waals surface area contributed by atoms with Gasteiger partial charge in [-0.25, -0.2) is 4.79 Å². The van der Waals surface area contributed by atoms with Gasteiger partial charge in [0.05, 0.1) is 13.2 Å². The van der Waals surface area contributed by atoms with Crippen LogP contribution in [-0.2, 0) is 9.53 Å². The summed E-state index contributed by atoms with van der Waals surface area (Å²) in [7, 11) is 1.53. The summed E-state index contributed by atoms with van der Waals surface area (Å²) in [6.45, 7) is 3.46. The van der Waals surface area contributed by atoms with E-state index in [4.69, 9.17) is 14.7 Å². The molecule has 1 aromatic carbocycles. The molecule has 0 aliphatic carbocycles. The van der Waals surface area contributed by atoms with E-state index >= 15 is 0 Å². The molecular formula is C14H14BrNO3. The van der Waals surface area contributed by atoms with Crippen LogP contribution in [0.15, 0.2) is 28.2 Å². The molecule has 0 heterocycles. The molecule has 1 rings (SSSR count). The fraction of sp³-hybridized carbons (Fsp3) is 0.286. The number of halogens is 1. The summed E-state index contributed by atoms with van der Waals surface area (Å²) in [5.74, 6) is -0.0622. The number of nitrogens with zero attached hydrogens (tertiary/aromatic N) is 1. The minimum Gasteiger partial charge on any atom is -0.496 e. The zero-order valence-electron chi connectivity index (χ0n) is 10.9. The predicted molar refractivity (Wildman–Crippen MR) is 75.5 cm³/mol. The lowest BCUT2D eigenvalue weighted by Gasteiger charge is -2.08. The maximum Gasteiger partial charge on any atom is 0.349 e. The summed E-state index contributed by atoms with van der Waals surface area (Å²) in [4.78, 5) is 11.7. The topological polar surface area (TPSA) is 59.3 Å². The molecule has 0 N–H and O–H groups in total. The molecule has 100 valence electrons. The van der Waals surface area contributed by atoms with Gasteiger partial charge in [-0.2, -0.15) is 5.26 Å². The largest absolute Gasteiger partial charge is 0.496 e. The zero-order chi connectivity index (χ0) is 14.4. The molecule has 0 fully saturated rings. The molecule has 0 atom stereocenters. The molecule has 0 aromatic heterocycles. The highest BCUT2D eigenvalue weighted by Gasteiger charge is 2.13. The molecule has 0 amide bonds. The van der Waals surface area contributed by atoms with E-state index < -0.39 is 5.97 Å². The van der Waals surface area contributed by atoms with E-state index in [1.807, 2.05) is 12.1 Å². The zero-order valence-corrected chi connectivity index (χ0v) is 12.5. The van der Waals surface area contributed by atoms with Gasteiger partial charge in [-0.05, 0) is 38.1 Å². The number of carbonyl (C=O) groups is 1. The lowest BCUT2D eigenvalue weighted by atomic mass is 10.1. The van der Waals surface area contributed by atoms with Gasteiger partial charge in [0.1, 0.15) is 17.4 Å². The van der Waals surface area contributed by atoms with E-state index in [2.05, 4.69) is 15.9 Å². The molecule has 19 heavy (non-hydrogen) atoms. The fourth-order valence-electron chi connectivity index (χ4n) is 1.39. The average molecular weight is 324 g/mol. The van der Waals surface area contributed by atoms with Crippen LogP contribution in [0, 0.1) is 11.3 Å². The quantitative estimate of drug-likeness (QED) is 0.484. The number of rotatable bonds is 4. The average Bonchev–Trinajstić information content (AvgIpc) is 2.35. The van der Waals surface area contributed by atoms with Gasteiger partial charge >= 0.3 is 5.97 Å². The normalized spacial score (nSPS) is 11.1. The molecule has 1 aromatic rings. The van der Waals surface area contributed by atoms with Crippen molar-refractivity contribution in [2.75, 3.05) is 7.11 Å². The number of ether oxygens (including phenoxy) is 2. The minimum atomic E-state index is -0.639. The Balaban J connectivity index is 3.14. The first-order chi connectivity index (χ1) is 8.97. The van der Waals surface area contributed by atoms with Crippen LogP contribution in [0.3, 0.4) is 0 Å². The van der Waals surface area contributed by atoms with Crippen LogP contribution in [0.2, 0.25) is 0 Å². The van der Waals surface area contributed by atoms with Crippen molar-refractivity contribution in [3.8, 4) is 11.8 Å². The van der Waals surface area contributed by atoms with Crippen LogP contribution in [0.4, 0.5) is 0 Å². The molecule has 0 radical (unpaired) electrons. The Kier molecular flexibility index (Phi) is 5.58. The number of nitriles is 1. The molecule has 4 nitrogen and oxygen atoms in total. The minimum absolute atomic E-state index is 0.0647. The Bertz CT molecular complexity index is 544. The molecule has 0 saturated heterocycles. The molecular weight excluding hydrogens is 310 g/mol. The number of esters is 1. The second kappa shape index (κ2) is 6.95. The Hall–Kier alpha value is -1.80. The standard InChI is InChI=1S/C14H14BrNO3/c1-9(2)19-14(17)11(8-16)6-10-7-12(15)4-5-13(10)18-3/h4-7,9H,1-3H3/b11-6+. The Morgan fingerprint density at radius 3 is 2.68 bits per heavy atom. The van der Waals surface area contributed by atoms with Crippen LogP contribution < -0.4 is 4.74 Å². The molecule has 0 bridgehead atoms. The molecule has 0 aliphatic rings. The maximum atomic E-state index is 11.7. The Morgan fingerprint density at radius 1 is 1.47 bits per heavy atom. The molecule has 0 saturated carbocycles. The van der Waals surface area contributed by atoms with Crippen molar-refractivity contribution < 1.29 is 14.3 Å². The van der Waals surface area contributed by atoms with Gasteiger partial charge in [-0.15, -0.1) is 0 Å². The number of benzene rings is 1. The van der Waals surface area contributed by atoms with E-state index in [1.54, 1.807) is 26.0 Å². The van der Waals surface area contributed by atoms with Crippen molar-refractivity contribution in [2.45, 2.75) is 20.0 Å². The number of hydrogen-bond donors (Lipinski definition) is 0. The molecule has 5 heteroatoms. The molecule has 0 aliphatic heterocycles. The van der Waals surface area contributed by atoms with Gasteiger partial charge in [0.2, 0.25) is 0 Å². The second-order valence-electron chi connectivity index (χ2n) is 4.01. The Morgan fingerprint density at radius 2 is 2.16 bits per heavy atom.